The van der Waals surface area contributed by atoms with E-state index in [0.29, 0.717) is 12.0 Å². The highest BCUT2D eigenvalue weighted by atomic mass is 16.9. The largest absolute Gasteiger partial charge is 0.347 e. The van der Waals surface area contributed by atoms with Gasteiger partial charge in [-0.2, -0.15) is 0 Å². The van der Waals surface area contributed by atoms with Crippen molar-refractivity contribution in [3.8, 4) is 0 Å². The highest BCUT2D eigenvalue weighted by molar-refractivity contribution is 5.20. The molecule has 0 bridgehead atoms. The second-order valence-corrected chi connectivity index (χ2v) is 8.61. The van der Waals surface area contributed by atoms with Crippen molar-refractivity contribution in [2.24, 2.45) is 11.3 Å². The van der Waals surface area contributed by atoms with Crippen molar-refractivity contribution in [2.75, 3.05) is 13.2 Å². The Bertz CT molecular complexity index is 644. The molecular formula is C21H29NO3. The Labute approximate surface area is 150 Å². The first kappa shape index (κ1) is 16.2. The van der Waals surface area contributed by atoms with E-state index in [-0.39, 0.29) is 16.9 Å². The molecule has 0 radical (unpaired) electrons. The average molecular weight is 343 g/mol. The number of rotatable bonds is 2. The van der Waals surface area contributed by atoms with Crippen LogP contribution in [0.3, 0.4) is 0 Å². The maximum Gasteiger partial charge on any atom is 0.174 e. The minimum atomic E-state index is -0.331. The van der Waals surface area contributed by atoms with Gasteiger partial charge in [0.05, 0.1) is 19.3 Å². The van der Waals surface area contributed by atoms with E-state index >= 15 is 0 Å². The summed E-state index contributed by atoms with van der Waals surface area (Å²) in [6.07, 6.45) is 6.82. The van der Waals surface area contributed by atoms with Gasteiger partial charge < -0.3 is 9.47 Å². The molecule has 2 spiro atoms. The van der Waals surface area contributed by atoms with Gasteiger partial charge in [0.2, 0.25) is 0 Å². The number of hydrogen-bond acceptors (Lipinski definition) is 4. The lowest BCUT2D eigenvalue weighted by molar-refractivity contribution is -0.279. The molecule has 1 aromatic rings. The van der Waals surface area contributed by atoms with E-state index in [1.165, 1.54) is 18.4 Å². The molecule has 0 N–H and O–H groups in total. The molecule has 4 heteroatoms. The fourth-order valence-corrected chi connectivity index (χ4v) is 5.83. The van der Waals surface area contributed by atoms with Crippen LogP contribution in [-0.2, 0) is 14.3 Å². The van der Waals surface area contributed by atoms with E-state index in [0.717, 1.165) is 38.9 Å². The van der Waals surface area contributed by atoms with Crippen LogP contribution in [0, 0.1) is 11.3 Å². The minimum absolute atomic E-state index is 0.0590. The summed E-state index contributed by atoms with van der Waals surface area (Å²) in [5.41, 5.74) is 1.40. The zero-order valence-corrected chi connectivity index (χ0v) is 15.4. The van der Waals surface area contributed by atoms with E-state index < -0.39 is 0 Å². The lowest BCUT2D eigenvalue weighted by Crippen LogP contribution is -2.57. The van der Waals surface area contributed by atoms with Crippen LogP contribution in [0.2, 0.25) is 0 Å². The van der Waals surface area contributed by atoms with Crippen LogP contribution in [0.1, 0.15) is 64.0 Å². The second-order valence-electron chi connectivity index (χ2n) is 8.61. The zero-order chi connectivity index (χ0) is 17.1. The summed E-state index contributed by atoms with van der Waals surface area (Å²) in [7, 11) is 0. The Kier molecular flexibility index (Phi) is 3.59. The molecule has 4 fully saturated rings. The smallest absolute Gasteiger partial charge is 0.174 e. The van der Waals surface area contributed by atoms with Crippen molar-refractivity contribution in [2.45, 2.75) is 69.9 Å². The van der Waals surface area contributed by atoms with Crippen LogP contribution >= 0.6 is 0 Å². The summed E-state index contributed by atoms with van der Waals surface area (Å²) < 4.78 is 12.4. The van der Waals surface area contributed by atoms with Gasteiger partial charge in [-0.1, -0.05) is 37.3 Å². The van der Waals surface area contributed by atoms with Crippen LogP contribution in [0.25, 0.3) is 0 Å². The van der Waals surface area contributed by atoms with Crippen LogP contribution in [0.5, 0.6) is 0 Å². The van der Waals surface area contributed by atoms with Gasteiger partial charge >= 0.3 is 0 Å². The number of benzene rings is 1. The Morgan fingerprint density at radius 1 is 1.08 bits per heavy atom. The number of fused-ring (bicyclic) bond motifs is 2. The average Bonchev–Trinajstić information content (AvgIpc) is 3.11. The first-order valence-electron chi connectivity index (χ1n) is 9.90. The van der Waals surface area contributed by atoms with Gasteiger partial charge in [0.15, 0.2) is 11.5 Å². The van der Waals surface area contributed by atoms with Crippen LogP contribution < -0.4 is 0 Å². The SMILES string of the molecule is C[C@@H](c1ccccc1)N1O[C@]12CC[C@@]1(C)C(CCCC13OCCO3)C2. The number of hydrogen-bond donors (Lipinski definition) is 0. The van der Waals surface area contributed by atoms with Crippen molar-refractivity contribution in [3.63, 3.8) is 0 Å². The van der Waals surface area contributed by atoms with Gasteiger partial charge in [-0.25, -0.2) is 0 Å². The zero-order valence-electron chi connectivity index (χ0n) is 15.4. The van der Waals surface area contributed by atoms with Crippen molar-refractivity contribution < 1.29 is 14.3 Å². The molecule has 2 aliphatic carbocycles. The van der Waals surface area contributed by atoms with Crippen molar-refractivity contribution in [1.82, 2.24) is 5.06 Å². The van der Waals surface area contributed by atoms with Gasteiger partial charge in [-0.05, 0) is 50.5 Å². The highest BCUT2D eigenvalue weighted by Crippen LogP contribution is 2.64. The lowest BCUT2D eigenvalue weighted by Gasteiger charge is -2.55. The molecule has 2 unspecified atom stereocenters. The van der Waals surface area contributed by atoms with Crippen LogP contribution in [0.4, 0.5) is 0 Å². The van der Waals surface area contributed by atoms with Crippen LogP contribution in [0.15, 0.2) is 30.3 Å². The monoisotopic (exact) mass is 343 g/mol. The fraction of sp³-hybridized carbons (Fsp3) is 0.714. The molecule has 2 aliphatic heterocycles. The van der Waals surface area contributed by atoms with E-state index in [4.69, 9.17) is 14.3 Å². The molecule has 2 saturated heterocycles. The molecule has 4 nitrogen and oxygen atoms in total. The fourth-order valence-electron chi connectivity index (χ4n) is 5.83. The van der Waals surface area contributed by atoms with Gasteiger partial charge in [0, 0.05) is 11.8 Å². The standard InChI is InChI=1S/C21H29NO3/c1-16(17-7-4-3-5-8-17)22-20(25-22)12-11-19(2)18(15-20)9-6-10-21(19)23-13-14-24-21/h3-5,7-8,16,18H,6,9-15H2,1-2H3/t16-,18?,19-,20-,22?/m0/s1. The summed E-state index contributed by atoms with van der Waals surface area (Å²) in [5.74, 6) is 0.281. The van der Waals surface area contributed by atoms with Gasteiger partial charge in [-0.3, -0.25) is 4.84 Å². The summed E-state index contributed by atoms with van der Waals surface area (Å²) >= 11 is 0. The van der Waals surface area contributed by atoms with Gasteiger partial charge in [-0.15, -0.1) is 5.06 Å². The summed E-state index contributed by atoms with van der Waals surface area (Å²) in [4.78, 5) is 6.26. The van der Waals surface area contributed by atoms with Gasteiger partial charge in [0.25, 0.3) is 0 Å². The maximum atomic E-state index is 6.26. The first-order valence-corrected chi connectivity index (χ1v) is 9.90. The van der Waals surface area contributed by atoms with Crippen molar-refractivity contribution in [3.05, 3.63) is 35.9 Å². The van der Waals surface area contributed by atoms with E-state index in [1.807, 2.05) is 0 Å². The molecule has 4 aliphatic rings. The second kappa shape index (κ2) is 5.53. The molecule has 2 saturated carbocycles. The molecule has 5 atom stereocenters. The Morgan fingerprint density at radius 3 is 2.60 bits per heavy atom. The molecule has 25 heavy (non-hydrogen) atoms. The third kappa shape index (κ3) is 2.27. The molecular weight excluding hydrogens is 314 g/mol. The van der Waals surface area contributed by atoms with E-state index in [1.54, 1.807) is 0 Å². The molecule has 0 aromatic heterocycles. The van der Waals surface area contributed by atoms with Crippen molar-refractivity contribution >= 4 is 0 Å². The van der Waals surface area contributed by atoms with E-state index in [2.05, 4.69) is 49.2 Å². The predicted molar refractivity (Wildman–Crippen MR) is 94.4 cm³/mol. The number of hydroxylamine groups is 2. The summed E-state index contributed by atoms with van der Waals surface area (Å²) in [5, 5.41) is 2.25. The third-order valence-electron chi connectivity index (χ3n) is 7.46. The quantitative estimate of drug-likeness (QED) is 0.744. The summed E-state index contributed by atoms with van der Waals surface area (Å²) in [6.45, 7) is 6.16. The Hall–Kier alpha value is -0.940. The normalized spacial score (nSPS) is 43.1. The minimum Gasteiger partial charge on any atom is -0.347 e. The van der Waals surface area contributed by atoms with Gasteiger partial charge in [0.1, 0.15) is 0 Å². The predicted octanol–water partition coefficient (Wildman–Crippen LogP) is 4.42. The maximum absolute atomic E-state index is 6.26. The van der Waals surface area contributed by atoms with Crippen LogP contribution in [-0.4, -0.2) is 29.8 Å². The molecule has 0 amide bonds. The Balaban J connectivity index is 1.35. The lowest BCUT2D eigenvalue weighted by atomic mass is 9.56. The number of ether oxygens (including phenoxy) is 2. The molecule has 136 valence electrons. The van der Waals surface area contributed by atoms with Crippen molar-refractivity contribution in [1.29, 1.82) is 0 Å². The topological polar surface area (TPSA) is 34.0 Å². The highest BCUT2D eigenvalue weighted by Gasteiger charge is 2.68. The molecule has 2 heterocycles. The van der Waals surface area contributed by atoms with E-state index in [9.17, 15) is 0 Å². The first-order chi connectivity index (χ1) is 12.1. The summed E-state index contributed by atoms with van der Waals surface area (Å²) in [6, 6.07) is 11.0. The molecule has 5 rings (SSSR count). The molecule has 1 aromatic carbocycles. The third-order valence-corrected chi connectivity index (χ3v) is 7.46. The number of nitrogens with zero attached hydrogens (tertiary/aromatic N) is 1. The Morgan fingerprint density at radius 2 is 1.84 bits per heavy atom.